The van der Waals surface area contributed by atoms with Crippen molar-refractivity contribution < 1.29 is 14.7 Å². The second-order valence-electron chi connectivity index (χ2n) is 9.24. The maximum Gasteiger partial charge on any atom is 0.337 e. The van der Waals surface area contributed by atoms with E-state index in [-0.39, 0.29) is 17.3 Å². The topological polar surface area (TPSA) is 84.2 Å². The monoisotopic (exact) mass is 549 g/mol. The number of fused-ring (bicyclic) bond motifs is 1. The zero-order valence-electron chi connectivity index (χ0n) is 19.7. The number of allylic oxidation sites excluding steroid dienone is 2. The number of ketones is 1. The molecular formula is C28H21Cl2N3O3S. The minimum absolute atomic E-state index is 0.0606. The molecule has 0 bridgehead atoms. The van der Waals surface area contributed by atoms with Crippen molar-refractivity contribution in [3.8, 4) is 5.69 Å². The van der Waals surface area contributed by atoms with E-state index < -0.39 is 11.9 Å². The van der Waals surface area contributed by atoms with E-state index in [0.717, 1.165) is 21.7 Å². The van der Waals surface area contributed by atoms with E-state index in [2.05, 4.69) is 11.4 Å². The van der Waals surface area contributed by atoms with Crippen LogP contribution in [0.15, 0.2) is 71.2 Å². The Morgan fingerprint density at radius 2 is 1.95 bits per heavy atom. The van der Waals surface area contributed by atoms with Crippen molar-refractivity contribution in [1.82, 2.24) is 9.78 Å². The second-order valence-corrected chi connectivity index (χ2v) is 11.1. The van der Waals surface area contributed by atoms with Gasteiger partial charge in [0, 0.05) is 50.0 Å². The molecule has 2 N–H and O–H groups in total. The Balaban J connectivity index is 1.59. The number of aryl methyl sites for hydroxylation is 1. The summed E-state index contributed by atoms with van der Waals surface area (Å²) in [5.74, 6) is -0.743. The van der Waals surface area contributed by atoms with E-state index in [1.807, 2.05) is 24.4 Å². The highest BCUT2D eigenvalue weighted by molar-refractivity contribution is 7.10. The molecule has 2 atom stereocenters. The zero-order chi connectivity index (χ0) is 25.8. The average molecular weight is 550 g/mol. The van der Waals surface area contributed by atoms with Crippen LogP contribution in [0, 0.1) is 6.92 Å². The predicted octanol–water partition coefficient (Wildman–Crippen LogP) is 7.21. The molecule has 186 valence electrons. The maximum atomic E-state index is 13.8. The molecule has 0 spiro atoms. The molecule has 6 nitrogen and oxygen atoms in total. The molecule has 37 heavy (non-hydrogen) atoms. The summed E-state index contributed by atoms with van der Waals surface area (Å²) in [5.41, 5.74) is 4.30. The number of carboxylic acids is 1. The third-order valence-electron chi connectivity index (χ3n) is 7.04. The van der Waals surface area contributed by atoms with Crippen LogP contribution >= 0.6 is 34.5 Å². The number of nitrogens with one attached hydrogen (secondary N) is 1. The number of benzene rings is 2. The highest BCUT2D eigenvalue weighted by Crippen LogP contribution is 2.51. The van der Waals surface area contributed by atoms with E-state index >= 15 is 0 Å². The first-order chi connectivity index (χ1) is 17.8. The van der Waals surface area contributed by atoms with Crippen LogP contribution in [0.4, 0.5) is 5.82 Å². The largest absolute Gasteiger partial charge is 0.478 e. The number of hydrogen-bond acceptors (Lipinski definition) is 5. The summed E-state index contributed by atoms with van der Waals surface area (Å²) in [7, 11) is 0. The first-order valence-electron chi connectivity index (χ1n) is 11.8. The van der Waals surface area contributed by atoms with Gasteiger partial charge < -0.3 is 10.4 Å². The highest BCUT2D eigenvalue weighted by Gasteiger charge is 2.42. The summed E-state index contributed by atoms with van der Waals surface area (Å²) in [4.78, 5) is 27.0. The SMILES string of the molecule is Cc1nn(-c2ccccc2C(=O)O)c2c1[C@H](c1ccc(Cl)cc1Cl)C1=C(C[C@@H](c3cccs3)CC1=O)N2. The number of carboxylic acid groups (broad SMARTS) is 1. The van der Waals surface area contributed by atoms with Crippen molar-refractivity contribution in [2.45, 2.75) is 31.6 Å². The van der Waals surface area contributed by atoms with Gasteiger partial charge in [-0.15, -0.1) is 11.3 Å². The molecule has 9 heteroatoms. The first-order valence-corrected chi connectivity index (χ1v) is 13.4. The summed E-state index contributed by atoms with van der Waals surface area (Å²) >= 11 is 14.6. The van der Waals surface area contributed by atoms with Crippen LogP contribution in [0.5, 0.6) is 0 Å². The Morgan fingerprint density at radius 3 is 2.68 bits per heavy atom. The Morgan fingerprint density at radius 1 is 1.14 bits per heavy atom. The third kappa shape index (κ3) is 3.98. The molecule has 0 amide bonds. The molecule has 2 aromatic heterocycles. The summed E-state index contributed by atoms with van der Waals surface area (Å²) in [6, 6.07) is 16.1. The van der Waals surface area contributed by atoms with Crippen molar-refractivity contribution in [2.75, 3.05) is 5.32 Å². The van der Waals surface area contributed by atoms with Gasteiger partial charge in [-0.25, -0.2) is 9.48 Å². The minimum atomic E-state index is -1.05. The van der Waals surface area contributed by atoms with E-state index in [1.54, 1.807) is 52.4 Å². The Labute approximate surface area is 227 Å². The molecule has 2 aliphatic rings. The molecule has 6 rings (SSSR count). The fourth-order valence-corrected chi connectivity index (χ4v) is 6.81. The number of rotatable bonds is 4. The maximum absolute atomic E-state index is 13.8. The average Bonchev–Trinajstić information content (AvgIpc) is 3.52. The van der Waals surface area contributed by atoms with E-state index in [1.165, 1.54) is 0 Å². The number of nitrogens with zero attached hydrogens (tertiary/aromatic N) is 2. The van der Waals surface area contributed by atoms with E-state index in [0.29, 0.717) is 45.7 Å². The van der Waals surface area contributed by atoms with Gasteiger partial charge in [-0.2, -0.15) is 5.10 Å². The second kappa shape index (κ2) is 9.17. The molecule has 0 radical (unpaired) electrons. The van der Waals surface area contributed by atoms with Gasteiger partial charge in [0.15, 0.2) is 5.78 Å². The Kier molecular flexibility index (Phi) is 5.94. The molecule has 0 unspecified atom stereocenters. The van der Waals surface area contributed by atoms with Crippen LogP contribution in [0.25, 0.3) is 5.69 Å². The van der Waals surface area contributed by atoms with Crippen molar-refractivity contribution >= 4 is 52.1 Å². The lowest BCUT2D eigenvalue weighted by atomic mass is 9.73. The number of Topliss-reactive ketones (excluding diaryl/α,β-unsaturated/α-hetero) is 1. The smallest absolute Gasteiger partial charge is 0.337 e. The van der Waals surface area contributed by atoms with Crippen LogP contribution < -0.4 is 5.32 Å². The molecule has 2 aromatic carbocycles. The van der Waals surface area contributed by atoms with Crippen molar-refractivity contribution in [3.05, 3.63) is 109 Å². The van der Waals surface area contributed by atoms with Gasteiger partial charge in [-0.05, 0) is 54.6 Å². The molecule has 0 saturated heterocycles. The third-order valence-corrected chi connectivity index (χ3v) is 8.64. The van der Waals surface area contributed by atoms with Gasteiger partial charge in [-0.3, -0.25) is 4.79 Å². The van der Waals surface area contributed by atoms with Crippen molar-refractivity contribution in [1.29, 1.82) is 0 Å². The molecule has 3 heterocycles. The van der Waals surface area contributed by atoms with Crippen LogP contribution in [0.3, 0.4) is 0 Å². The van der Waals surface area contributed by atoms with Crippen LogP contribution in [0.2, 0.25) is 10.0 Å². The lowest BCUT2D eigenvalue weighted by Gasteiger charge is -2.35. The summed E-state index contributed by atoms with van der Waals surface area (Å²) in [6.07, 6.45) is 1.06. The summed E-state index contributed by atoms with van der Waals surface area (Å²) in [6.45, 7) is 1.87. The lowest BCUT2D eigenvalue weighted by molar-refractivity contribution is -0.116. The van der Waals surface area contributed by atoms with Crippen LogP contribution in [-0.4, -0.2) is 26.6 Å². The molecule has 1 aliphatic carbocycles. The number of carbonyl (C=O) groups excluding carboxylic acids is 1. The number of thiophene rings is 1. The number of anilines is 1. The fraction of sp³-hybridized carbons (Fsp3) is 0.179. The van der Waals surface area contributed by atoms with Gasteiger partial charge in [-0.1, -0.05) is 47.5 Å². The first kappa shape index (κ1) is 24.0. The number of halogens is 2. The van der Waals surface area contributed by atoms with Crippen molar-refractivity contribution in [3.63, 3.8) is 0 Å². The molecule has 0 fully saturated rings. The minimum Gasteiger partial charge on any atom is -0.478 e. The normalized spacial score (nSPS) is 18.8. The van der Waals surface area contributed by atoms with Gasteiger partial charge in [0.05, 0.1) is 16.9 Å². The number of aromatic nitrogens is 2. The number of aromatic carboxylic acids is 1. The number of hydrogen-bond donors (Lipinski definition) is 2. The van der Waals surface area contributed by atoms with Gasteiger partial charge in [0.1, 0.15) is 5.82 Å². The fourth-order valence-electron chi connectivity index (χ4n) is 5.46. The van der Waals surface area contributed by atoms with Crippen LogP contribution in [-0.2, 0) is 4.79 Å². The van der Waals surface area contributed by atoms with E-state index in [9.17, 15) is 14.7 Å². The number of carbonyl (C=O) groups is 2. The Hall–Kier alpha value is -3.39. The number of para-hydroxylation sites is 1. The zero-order valence-corrected chi connectivity index (χ0v) is 22.0. The molecular weight excluding hydrogens is 529 g/mol. The predicted molar refractivity (Wildman–Crippen MR) is 146 cm³/mol. The molecule has 4 aromatic rings. The molecule has 1 aliphatic heterocycles. The quantitative estimate of drug-likeness (QED) is 0.281. The van der Waals surface area contributed by atoms with Crippen LogP contribution in [0.1, 0.15) is 56.7 Å². The van der Waals surface area contributed by atoms with Crippen molar-refractivity contribution in [2.24, 2.45) is 0 Å². The van der Waals surface area contributed by atoms with Gasteiger partial charge in [0.25, 0.3) is 0 Å². The van der Waals surface area contributed by atoms with Gasteiger partial charge >= 0.3 is 5.97 Å². The van der Waals surface area contributed by atoms with Gasteiger partial charge in [0.2, 0.25) is 0 Å². The summed E-state index contributed by atoms with van der Waals surface area (Å²) in [5, 5.41) is 21.1. The standard InChI is InChI=1S/C28H21Cl2N3O3S/c1-14-24-25(17-9-8-16(29)13-19(17)30)26-20(11-15(12-22(26)34)23-7-4-10-37-23)31-27(24)33(32-14)21-6-3-2-5-18(21)28(35)36/h2-10,13,15,25,31H,11-12H2,1H3,(H,35,36)/t15-,25+/m1/s1. The highest BCUT2D eigenvalue weighted by atomic mass is 35.5. The summed E-state index contributed by atoms with van der Waals surface area (Å²) < 4.78 is 1.63. The molecule has 0 saturated carbocycles. The lowest BCUT2D eigenvalue weighted by Crippen LogP contribution is -2.30. The van der Waals surface area contributed by atoms with E-state index in [4.69, 9.17) is 28.3 Å². The Bertz CT molecular complexity index is 1610.